The Morgan fingerprint density at radius 1 is 1.35 bits per heavy atom. The van der Waals surface area contributed by atoms with E-state index in [0.29, 0.717) is 6.42 Å². The molecule has 20 heavy (non-hydrogen) atoms. The van der Waals surface area contributed by atoms with Crippen molar-refractivity contribution in [3.63, 3.8) is 0 Å². The molecular weight excluding hydrogens is 275 g/mol. The van der Waals surface area contributed by atoms with Crippen molar-refractivity contribution in [2.24, 2.45) is 34.3 Å². The Balaban J connectivity index is 2.39. The molecule has 7 heteroatoms. The predicted octanol–water partition coefficient (Wildman–Crippen LogP) is 2.22. The lowest BCUT2D eigenvalue weighted by atomic mass is 9.34. The van der Waals surface area contributed by atoms with Crippen molar-refractivity contribution < 1.29 is 27.8 Å². The lowest BCUT2D eigenvalue weighted by molar-refractivity contribution is -0.260. The number of carbonyl (C=O) groups is 2. The maximum absolute atomic E-state index is 14.0. The van der Waals surface area contributed by atoms with Gasteiger partial charge in [-0.15, -0.1) is 0 Å². The Hall–Kier alpha value is -1.27. The van der Waals surface area contributed by atoms with Gasteiger partial charge in [-0.05, 0) is 30.1 Å². The molecule has 2 N–H and O–H groups in total. The van der Waals surface area contributed by atoms with Gasteiger partial charge < -0.3 is 5.73 Å². The van der Waals surface area contributed by atoms with Crippen LogP contribution in [-0.2, 0) is 14.5 Å². The maximum atomic E-state index is 14.0. The quantitative estimate of drug-likeness (QED) is 0.867. The number of nitrogens with two attached hydrogens (primary N) is 1. The van der Waals surface area contributed by atoms with Gasteiger partial charge in [0.1, 0.15) is 0 Å². The Labute approximate surface area is 114 Å². The number of amides is 1. The van der Waals surface area contributed by atoms with Crippen LogP contribution in [0, 0.1) is 28.6 Å². The molecule has 0 radical (unpaired) electrons. The number of hydrogen-bond donors (Lipinski definition) is 1. The van der Waals surface area contributed by atoms with Crippen LogP contribution in [-0.4, -0.2) is 17.8 Å². The molecule has 0 aromatic heterocycles. The molecule has 3 fully saturated rings. The molecule has 0 aromatic rings. The summed E-state index contributed by atoms with van der Waals surface area (Å²) in [6, 6.07) is 0. The third kappa shape index (κ3) is 1.49. The van der Waals surface area contributed by atoms with Crippen molar-refractivity contribution >= 4 is 11.9 Å². The minimum atomic E-state index is -3.95. The zero-order valence-electron chi connectivity index (χ0n) is 11.6. The highest BCUT2D eigenvalue weighted by molar-refractivity contribution is 5.84. The molecule has 0 saturated heterocycles. The second kappa shape index (κ2) is 4.11. The fourth-order valence-corrected chi connectivity index (χ4v) is 4.45. The van der Waals surface area contributed by atoms with Gasteiger partial charge in [0.05, 0.1) is 5.41 Å². The van der Waals surface area contributed by atoms with Gasteiger partial charge in [-0.2, -0.15) is 8.78 Å². The molecule has 0 unspecified atom stereocenters. The van der Waals surface area contributed by atoms with E-state index in [-0.39, 0.29) is 12.3 Å². The second-order valence-corrected chi connectivity index (χ2v) is 6.58. The number of fused-ring (bicyclic) bond motifs is 2. The summed E-state index contributed by atoms with van der Waals surface area (Å²) in [5.41, 5.74) is 3.87. The van der Waals surface area contributed by atoms with Crippen LogP contribution in [0.1, 0.15) is 33.6 Å². The smallest absolute Gasteiger partial charge is 0.369 e. The van der Waals surface area contributed by atoms with E-state index in [1.165, 1.54) is 6.92 Å². The zero-order chi connectivity index (χ0) is 15.5. The van der Waals surface area contributed by atoms with Gasteiger partial charge in [0, 0.05) is 10.4 Å². The first-order chi connectivity index (χ1) is 9.03. The largest absolute Gasteiger partial charge is 0.417 e. The Morgan fingerprint density at radius 3 is 2.30 bits per heavy atom. The van der Waals surface area contributed by atoms with Crippen molar-refractivity contribution in [3.8, 4) is 0 Å². The van der Waals surface area contributed by atoms with Gasteiger partial charge in [-0.3, -0.25) is 4.79 Å². The first-order valence-corrected chi connectivity index (χ1v) is 6.54. The summed E-state index contributed by atoms with van der Waals surface area (Å²) in [5.74, 6) is -9.20. The zero-order valence-corrected chi connectivity index (χ0v) is 11.6. The molecule has 3 aliphatic rings. The molecule has 3 saturated carbocycles. The average molecular weight is 293 g/mol. The number of alkyl halides is 2. The third-order valence-electron chi connectivity index (χ3n) is 5.91. The molecule has 0 aliphatic heterocycles. The van der Waals surface area contributed by atoms with Crippen LogP contribution in [0.4, 0.5) is 13.3 Å². The summed E-state index contributed by atoms with van der Waals surface area (Å²) in [5, 5.41) is 0. The fraction of sp³-hybridized carbons (Fsp3) is 0.846. The van der Waals surface area contributed by atoms with E-state index < -0.39 is 40.5 Å². The summed E-state index contributed by atoms with van der Waals surface area (Å²) in [7, 11) is 0. The van der Waals surface area contributed by atoms with Crippen LogP contribution in [0.3, 0.4) is 0 Å². The van der Waals surface area contributed by atoms with E-state index in [0.717, 1.165) is 0 Å². The minimum absolute atomic E-state index is 0.0469. The maximum Gasteiger partial charge on any atom is 0.417 e. The van der Waals surface area contributed by atoms with E-state index in [1.807, 2.05) is 13.8 Å². The SMILES string of the molecule is C[C@H]1[C@@H](C(F)(F)C(=O)OF)C[C@@H]2C[C@@]1(C(N)=O)C2(C)C. The van der Waals surface area contributed by atoms with E-state index in [2.05, 4.69) is 4.94 Å². The predicted molar refractivity (Wildman–Crippen MR) is 62.9 cm³/mol. The van der Waals surface area contributed by atoms with E-state index in [4.69, 9.17) is 5.73 Å². The molecule has 114 valence electrons. The molecule has 4 atom stereocenters. The summed E-state index contributed by atoms with van der Waals surface area (Å²) >= 11 is 0. The van der Waals surface area contributed by atoms with Crippen LogP contribution in [0.25, 0.3) is 0 Å². The number of halogens is 3. The van der Waals surface area contributed by atoms with Crippen LogP contribution in [0.15, 0.2) is 0 Å². The van der Waals surface area contributed by atoms with Gasteiger partial charge in [0.15, 0.2) is 0 Å². The summed E-state index contributed by atoms with van der Waals surface area (Å²) in [6.07, 6.45) is 0.485. The number of rotatable bonds is 3. The lowest BCUT2D eigenvalue weighted by Gasteiger charge is -2.68. The first-order valence-electron chi connectivity index (χ1n) is 6.54. The van der Waals surface area contributed by atoms with Gasteiger partial charge >= 0.3 is 11.9 Å². The average Bonchev–Trinajstić information content (AvgIpc) is 2.36. The van der Waals surface area contributed by atoms with Crippen LogP contribution in [0.5, 0.6) is 0 Å². The normalized spacial score (nSPS) is 38.8. The van der Waals surface area contributed by atoms with Crippen LogP contribution in [0.2, 0.25) is 0 Å². The van der Waals surface area contributed by atoms with E-state index in [1.54, 1.807) is 0 Å². The summed E-state index contributed by atoms with van der Waals surface area (Å²) in [4.78, 5) is 25.5. The Morgan fingerprint density at radius 2 is 1.90 bits per heavy atom. The fourth-order valence-electron chi connectivity index (χ4n) is 4.45. The Bertz CT molecular complexity index is 466. The Kier molecular flexibility index (Phi) is 3.11. The van der Waals surface area contributed by atoms with Crippen LogP contribution >= 0.6 is 0 Å². The molecule has 3 rings (SSSR count). The second-order valence-electron chi connectivity index (χ2n) is 6.58. The van der Waals surface area contributed by atoms with Crippen molar-refractivity contribution in [1.29, 1.82) is 0 Å². The van der Waals surface area contributed by atoms with Gasteiger partial charge in [0.2, 0.25) is 5.91 Å². The summed E-state index contributed by atoms with van der Waals surface area (Å²) in [6.45, 7) is 5.13. The number of hydrogen-bond acceptors (Lipinski definition) is 3. The third-order valence-corrected chi connectivity index (χ3v) is 5.91. The minimum Gasteiger partial charge on any atom is -0.369 e. The molecule has 1 amide bonds. The highest BCUT2D eigenvalue weighted by Gasteiger charge is 2.73. The standard InChI is InChI=1S/C13H18F3NO3/c1-6-8(13(14,15)10(19)20-16)4-7-5-12(6,9(17)18)11(7,2)3/h6-8H,4-5H2,1-3H3,(H2,17,18)/t6-,7+,8-,12+/m0/s1. The first kappa shape index (κ1) is 15.1. The topological polar surface area (TPSA) is 69.4 Å². The number of carbonyl (C=O) groups excluding carboxylic acids is 2. The molecule has 2 bridgehead atoms. The van der Waals surface area contributed by atoms with Crippen LogP contribution < -0.4 is 5.73 Å². The molecule has 0 heterocycles. The highest BCUT2D eigenvalue weighted by atomic mass is 19.3. The molecule has 4 nitrogen and oxygen atoms in total. The van der Waals surface area contributed by atoms with Crippen molar-refractivity contribution in [2.75, 3.05) is 0 Å². The van der Waals surface area contributed by atoms with Crippen molar-refractivity contribution in [1.82, 2.24) is 0 Å². The molecule has 0 spiro atoms. The van der Waals surface area contributed by atoms with Crippen molar-refractivity contribution in [3.05, 3.63) is 0 Å². The van der Waals surface area contributed by atoms with Gasteiger partial charge in [-0.1, -0.05) is 20.8 Å². The van der Waals surface area contributed by atoms with Gasteiger partial charge in [-0.25, -0.2) is 9.74 Å². The lowest BCUT2D eigenvalue weighted by Crippen LogP contribution is -2.71. The highest BCUT2D eigenvalue weighted by Crippen LogP contribution is 2.72. The molecular formula is C13H18F3NO3. The van der Waals surface area contributed by atoms with E-state index in [9.17, 15) is 22.9 Å². The monoisotopic (exact) mass is 293 g/mol. The summed E-state index contributed by atoms with van der Waals surface area (Å²) < 4.78 is 39.8. The van der Waals surface area contributed by atoms with E-state index >= 15 is 0 Å². The van der Waals surface area contributed by atoms with Gasteiger partial charge in [0.25, 0.3) is 0 Å². The van der Waals surface area contributed by atoms with Crippen molar-refractivity contribution in [2.45, 2.75) is 39.5 Å². The number of primary amides is 1. The molecule has 3 aliphatic carbocycles. The molecule has 0 aromatic carbocycles.